The van der Waals surface area contributed by atoms with Crippen molar-refractivity contribution in [3.05, 3.63) is 48.3 Å². The van der Waals surface area contributed by atoms with Gasteiger partial charge in [0, 0.05) is 11.8 Å². The molecule has 0 radical (unpaired) electrons. The Kier molecular flexibility index (Phi) is 6.77. The number of carbonyl (C=O) groups excluding carboxylic acids is 1. The van der Waals surface area contributed by atoms with Crippen molar-refractivity contribution in [2.75, 3.05) is 23.8 Å². The number of anilines is 2. The predicted molar refractivity (Wildman–Crippen MR) is 88.2 cm³/mol. The Bertz CT molecular complexity index is 836. The van der Waals surface area contributed by atoms with E-state index in [0.717, 1.165) is 42.5 Å². The zero-order valence-corrected chi connectivity index (χ0v) is 14.3. The minimum Gasteiger partial charge on any atom is -0.482 e. The van der Waals surface area contributed by atoms with Gasteiger partial charge in [0.1, 0.15) is 17.3 Å². The Labute approximate surface area is 159 Å². The number of carbonyl (C=O) groups is 1. The molecule has 0 spiro atoms. The molecule has 29 heavy (non-hydrogen) atoms. The molecule has 0 bridgehead atoms. The molecule has 2 N–H and O–H groups in total. The molecule has 2 rings (SSSR count). The molecular weight excluding hydrogens is 413 g/mol. The minimum absolute atomic E-state index is 0.138. The highest BCUT2D eigenvalue weighted by atomic mass is 19.4. The summed E-state index contributed by atoms with van der Waals surface area (Å²) in [7, 11) is 0. The maximum Gasteiger partial charge on any atom is 0.573 e. The summed E-state index contributed by atoms with van der Waals surface area (Å²) >= 11 is 0. The highest BCUT2D eigenvalue weighted by molar-refractivity contribution is 5.94. The van der Waals surface area contributed by atoms with E-state index in [1.165, 1.54) is 0 Å². The number of benzene rings is 2. The third kappa shape index (κ3) is 8.15. The number of hydrogen-bond acceptors (Lipinski definition) is 4. The summed E-state index contributed by atoms with van der Waals surface area (Å²) in [6.07, 6.45) is -9.46. The van der Waals surface area contributed by atoms with Gasteiger partial charge in [0.25, 0.3) is 0 Å². The van der Waals surface area contributed by atoms with E-state index in [4.69, 9.17) is 0 Å². The van der Waals surface area contributed by atoms with Crippen LogP contribution in [-0.4, -0.2) is 31.6 Å². The lowest BCUT2D eigenvalue weighted by Gasteiger charge is -2.15. The van der Waals surface area contributed by atoms with Crippen LogP contribution in [-0.2, 0) is 4.79 Å². The van der Waals surface area contributed by atoms with Crippen molar-refractivity contribution in [2.24, 2.45) is 0 Å². The fraction of sp³-hybridized carbons (Fsp3) is 0.235. The van der Waals surface area contributed by atoms with E-state index >= 15 is 0 Å². The van der Waals surface area contributed by atoms with E-state index in [-0.39, 0.29) is 17.1 Å². The van der Waals surface area contributed by atoms with Crippen LogP contribution in [0.2, 0.25) is 0 Å². The highest BCUT2D eigenvalue weighted by Gasteiger charge is 2.31. The normalized spacial score (nSPS) is 11.7. The Morgan fingerprint density at radius 3 is 2.21 bits per heavy atom. The smallest absolute Gasteiger partial charge is 0.482 e. The SMILES string of the molecule is O=C(CNc1cc(F)ccc1OCC(F)(F)F)Nc1ccc(OC(F)(F)F)cc1. The van der Waals surface area contributed by atoms with Crippen molar-refractivity contribution in [3.63, 3.8) is 0 Å². The summed E-state index contributed by atoms with van der Waals surface area (Å²) in [5.41, 5.74) is -0.0440. The molecule has 2 aromatic rings. The fourth-order valence-electron chi connectivity index (χ4n) is 2.05. The van der Waals surface area contributed by atoms with E-state index in [9.17, 15) is 35.5 Å². The second kappa shape index (κ2) is 8.88. The van der Waals surface area contributed by atoms with Crippen molar-refractivity contribution in [2.45, 2.75) is 12.5 Å². The number of rotatable bonds is 7. The van der Waals surface area contributed by atoms with Gasteiger partial charge >= 0.3 is 12.5 Å². The average molecular weight is 426 g/mol. The maximum absolute atomic E-state index is 13.3. The van der Waals surface area contributed by atoms with E-state index < -0.39 is 43.2 Å². The van der Waals surface area contributed by atoms with Crippen LogP contribution in [0.5, 0.6) is 11.5 Å². The number of alkyl halides is 6. The summed E-state index contributed by atoms with van der Waals surface area (Å²) in [5, 5.41) is 4.77. The lowest BCUT2D eigenvalue weighted by Crippen LogP contribution is -2.23. The molecule has 0 saturated heterocycles. The number of hydrogen-bond donors (Lipinski definition) is 2. The number of ether oxygens (including phenoxy) is 2. The van der Waals surface area contributed by atoms with Crippen LogP contribution in [0.3, 0.4) is 0 Å². The fourth-order valence-corrected chi connectivity index (χ4v) is 2.05. The largest absolute Gasteiger partial charge is 0.573 e. The molecule has 0 heterocycles. The van der Waals surface area contributed by atoms with Gasteiger partial charge in [-0.2, -0.15) is 13.2 Å². The van der Waals surface area contributed by atoms with E-state index in [2.05, 4.69) is 20.1 Å². The standard InChI is InChI=1S/C17H13F7N2O3/c18-10-1-6-14(28-9-16(19,20)21)13(7-10)25-8-15(27)26-11-2-4-12(5-3-11)29-17(22,23)24/h1-7,25H,8-9H2,(H,26,27). The zero-order valence-electron chi connectivity index (χ0n) is 14.3. The van der Waals surface area contributed by atoms with E-state index in [1.807, 2.05) is 0 Å². The summed E-state index contributed by atoms with van der Waals surface area (Å²) in [4.78, 5) is 11.9. The molecule has 0 saturated carbocycles. The monoisotopic (exact) mass is 426 g/mol. The Balaban J connectivity index is 1.94. The first-order valence-electron chi connectivity index (χ1n) is 7.80. The first-order chi connectivity index (χ1) is 13.4. The first kappa shape index (κ1) is 22.1. The second-order valence-corrected chi connectivity index (χ2v) is 5.52. The molecule has 12 heteroatoms. The van der Waals surface area contributed by atoms with Gasteiger partial charge in [0.15, 0.2) is 6.61 Å². The molecule has 1 amide bonds. The molecule has 5 nitrogen and oxygen atoms in total. The lowest BCUT2D eigenvalue weighted by atomic mass is 10.2. The van der Waals surface area contributed by atoms with Gasteiger partial charge in [-0.15, -0.1) is 13.2 Å². The number of nitrogens with one attached hydrogen (secondary N) is 2. The van der Waals surface area contributed by atoms with Gasteiger partial charge in [0.05, 0.1) is 12.2 Å². The molecule has 158 valence electrons. The quantitative estimate of drug-likeness (QED) is 0.630. The minimum atomic E-state index is -4.86. The van der Waals surface area contributed by atoms with Crippen LogP contribution >= 0.6 is 0 Å². The van der Waals surface area contributed by atoms with Crippen LogP contribution < -0.4 is 20.1 Å². The summed E-state index contributed by atoms with van der Waals surface area (Å²) in [6, 6.07) is 6.97. The molecule has 2 aromatic carbocycles. The molecular formula is C17H13F7N2O3. The van der Waals surface area contributed by atoms with Crippen molar-refractivity contribution >= 4 is 17.3 Å². The second-order valence-electron chi connectivity index (χ2n) is 5.52. The van der Waals surface area contributed by atoms with Crippen molar-refractivity contribution < 1.29 is 45.0 Å². The summed E-state index contributed by atoms with van der Waals surface area (Å²) < 4.78 is 94.7. The average Bonchev–Trinajstić information content (AvgIpc) is 2.59. The Hall–Kier alpha value is -3.18. The molecule has 0 unspecified atom stereocenters. The van der Waals surface area contributed by atoms with Crippen LogP contribution in [0.25, 0.3) is 0 Å². The Morgan fingerprint density at radius 1 is 0.966 bits per heavy atom. The number of amides is 1. The van der Waals surface area contributed by atoms with Crippen LogP contribution in [0.15, 0.2) is 42.5 Å². The topological polar surface area (TPSA) is 59.6 Å². The summed E-state index contributed by atoms with van der Waals surface area (Å²) in [5.74, 6) is -2.27. The maximum atomic E-state index is 13.3. The van der Waals surface area contributed by atoms with E-state index in [0.29, 0.717) is 0 Å². The third-order valence-electron chi connectivity index (χ3n) is 3.14. The molecule has 0 aliphatic rings. The molecule has 0 atom stereocenters. The van der Waals surface area contributed by atoms with Crippen LogP contribution in [0.1, 0.15) is 0 Å². The van der Waals surface area contributed by atoms with Gasteiger partial charge in [-0.05, 0) is 36.4 Å². The molecule has 0 fully saturated rings. The zero-order chi connectivity index (χ0) is 21.7. The van der Waals surface area contributed by atoms with Crippen molar-refractivity contribution in [1.29, 1.82) is 0 Å². The van der Waals surface area contributed by atoms with Gasteiger partial charge in [-0.1, -0.05) is 0 Å². The Morgan fingerprint density at radius 2 is 1.62 bits per heavy atom. The number of halogens is 7. The van der Waals surface area contributed by atoms with Gasteiger partial charge < -0.3 is 20.1 Å². The van der Waals surface area contributed by atoms with E-state index in [1.54, 1.807) is 0 Å². The molecule has 0 aliphatic heterocycles. The predicted octanol–water partition coefficient (Wildman–Crippen LogP) is 4.72. The first-order valence-corrected chi connectivity index (χ1v) is 7.80. The van der Waals surface area contributed by atoms with Gasteiger partial charge in [-0.25, -0.2) is 4.39 Å². The van der Waals surface area contributed by atoms with Crippen molar-refractivity contribution in [3.8, 4) is 11.5 Å². The van der Waals surface area contributed by atoms with Crippen LogP contribution in [0.4, 0.5) is 42.1 Å². The van der Waals surface area contributed by atoms with Crippen molar-refractivity contribution in [1.82, 2.24) is 0 Å². The van der Waals surface area contributed by atoms with Crippen LogP contribution in [0, 0.1) is 5.82 Å². The summed E-state index contributed by atoms with van der Waals surface area (Å²) in [6.45, 7) is -2.08. The van der Waals surface area contributed by atoms with Gasteiger partial charge in [-0.3, -0.25) is 4.79 Å². The van der Waals surface area contributed by atoms with Gasteiger partial charge in [0.2, 0.25) is 5.91 Å². The third-order valence-corrected chi connectivity index (χ3v) is 3.14. The lowest BCUT2D eigenvalue weighted by molar-refractivity contribution is -0.274. The molecule has 0 aliphatic carbocycles. The molecule has 0 aromatic heterocycles. The highest BCUT2D eigenvalue weighted by Crippen LogP contribution is 2.28.